The standard InChI is InChI=1S/C15H13ClN2O3/c16-12-6-5-8(7-11(12)13(17)19)18-14(20)9-3-1-2-4-10(9)15(18)21/h5-7H,1-4H2,(H2,17,19). The number of benzene rings is 1. The molecule has 1 aromatic rings. The van der Waals surface area contributed by atoms with Gasteiger partial charge in [0.2, 0.25) is 5.91 Å². The van der Waals surface area contributed by atoms with Gasteiger partial charge >= 0.3 is 0 Å². The Labute approximate surface area is 126 Å². The van der Waals surface area contributed by atoms with Crippen LogP contribution in [0.2, 0.25) is 5.02 Å². The summed E-state index contributed by atoms with van der Waals surface area (Å²) in [6.07, 6.45) is 3.09. The van der Waals surface area contributed by atoms with E-state index >= 15 is 0 Å². The molecule has 1 heterocycles. The second-order valence-corrected chi connectivity index (χ2v) is 5.55. The highest BCUT2D eigenvalue weighted by Gasteiger charge is 2.39. The average Bonchev–Trinajstić information content (AvgIpc) is 2.72. The lowest BCUT2D eigenvalue weighted by Crippen LogP contribution is -2.31. The molecule has 2 N–H and O–H groups in total. The minimum Gasteiger partial charge on any atom is -0.366 e. The lowest BCUT2D eigenvalue weighted by atomic mass is 9.93. The van der Waals surface area contributed by atoms with Gasteiger partial charge in [-0.25, -0.2) is 4.90 Å². The minimum atomic E-state index is -0.696. The molecule has 0 bridgehead atoms. The van der Waals surface area contributed by atoms with Crippen LogP contribution >= 0.6 is 11.6 Å². The maximum Gasteiger partial charge on any atom is 0.261 e. The first-order chi connectivity index (χ1) is 10.0. The molecule has 2 aliphatic rings. The summed E-state index contributed by atoms with van der Waals surface area (Å²) >= 11 is 5.89. The first-order valence-electron chi connectivity index (χ1n) is 6.71. The third-order valence-electron chi connectivity index (χ3n) is 3.86. The summed E-state index contributed by atoms with van der Waals surface area (Å²) in [6.45, 7) is 0. The molecule has 0 fully saturated rings. The van der Waals surface area contributed by atoms with Crippen molar-refractivity contribution in [2.24, 2.45) is 5.73 Å². The van der Waals surface area contributed by atoms with Crippen LogP contribution in [0.25, 0.3) is 0 Å². The molecule has 1 aromatic carbocycles. The molecule has 108 valence electrons. The van der Waals surface area contributed by atoms with Gasteiger partial charge < -0.3 is 5.73 Å². The number of nitrogens with zero attached hydrogens (tertiary/aromatic N) is 1. The van der Waals surface area contributed by atoms with Crippen LogP contribution in [0.15, 0.2) is 29.3 Å². The maximum atomic E-state index is 12.4. The quantitative estimate of drug-likeness (QED) is 0.850. The molecular formula is C15H13ClN2O3. The zero-order chi connectivity index (χ0) is 15.1. The molecule has 0 spiro atoms. The zero-order valence-corrected chi connectivity index (χ0v) is 11.9. The van der Waals surface area contributed by atoms with Crippen molar-refractivity contribution in [1.82, 2.24) is 0 Å². The number of hydrogen-bond donors (Lipinski definition) is 1. The van der Waals surface area contributed by atoms with Crippen molar-refractivity contribution < 1.29 is 14.4 Å². The van der Waals surface area contributed by atoms with Crippen LogP contribution in [-0.2, 0) is 9.59 Å². The van der Waals surface area contributed by atoms with E-state index in [1.807, 2.05) is 0 Å². The number of imide groups is 1. The second-order valence-electron chi connectivity index (χ2n) is 5.14. The number of nitrogens with two attached hydrogens (primary N) is 1. The van der Waals surface area contributed by atoms with E-state index in [4.69, 9.17) is 17.3 Å². The van der Waals surface area contributed by atoms with Gasteiger partial charge in [0.15, 0.2) is 0 Å². The summed E-state index contributed by atoms with van der Waals surface area (Å²) in [4.78, 5) is 37.3. The van der Waals surface area contributed by atoms with Gasteiger partial charge in [-0.2, -0.15) is 0 Å². The van der Waals surface area contributed by atoms with Crippen LogP contribution in [0.1, 0.15) is 36.0 Å². The predicted molar refractivity (Wildman–Crippen MR) is 78.0 cm³/mol. The number of halogens is 1. The Morgan fingerprint density at radius 3 is 2.19 bits per heavy atom. The van der Waals surface area contributed by atoms with E-state index in [-0.39, 0.29) is 22.4 Å². The Morgan fingerprint density at radius 2 is 1.67 bits per heavy atom. The number of amides is 3. The van der Waals surface area contributed by atoms with Gasteiger partial charge in [0.05, 0.1) is 16.3 Å². The molecule has 0 atom stereocenters. The number of hydrogen-bond acceptors (Lipinski definition) is 3. The fourth-order valence-electron chi connectivity index (χ4n) is 2.82. The van der Waals surface area contributed by atoms with Crippen molar-refractivity contribution >= 4 is 35.0 Å². The Balaban J connectivity index is 2.03. The number of anilines is 1. The molecule has 0 unspecified atom stereocenters. The molecule has 0 radical (unpaired) electrons. The molecule has 0 saturated heterocycles. The molecule has 1 aliphatic heterocycles. The van der Waals surface area contributed by atoms with Gasteiger partial charge in [-0.05, 0) is 43.9 Å². The zero-order valence-electron chi connectivity index (χ0n) is 11.2. The largest absolute Gasteiger partial charge is 0.366 e. The Bertz CT molecular complexity index is 681. The van der Waals surface area contributed by atoms with Crippen molar-refractivity contribution in [3.8, 4) is 0 Å². The lowest BCUT2D eigenvalue weighted by Gasteiger charge is -2.16. The van der Waals surface area contributed by atoms with Crippen LogP contribution in [0.3, 0.4) is 0 Å². The highest BCUT2D eigenvalue weighted by molar-refractivity contribution is 6.35. The van der Waals surface area contributed by atoms with Crippen LogP contribution < -0.4 is 10.6 Å². The van der Waals surface area contributed by atoms with Gasteiger partial charge in [0, 0.05) is 11.1 Å². The topological polar surface area (TPSA) is 80.5 Å². The van der Waals surface area contributed by atoms with Crippen molar-refractivity contribution in [2.45, 2.75) is 25.7 Å². The van der Waals surface area contributed by atoms with Crippen molar-refractivity contribution in [3.63, 3.8) is 0 Å². The molecule has 21 heavy (non-hydrogen) atoms. The molecule has 0 aromatic heterocycles. The molecule has 3 rings (SSSR count). The molecule has 6 heteroatoms. The van der Waals surface area contributed by atoms with Crippen LogP contribution in [0, 0.1) is 0 Å². The normalized spacial score (nSPS) is 18.2. The SMILES string of the molecule is NC(=O)c1cc(N2C(=O)C3=C(CCCC3)C2=O)ccc1Cl. The van der Waals surface area contributed by atoms with E-state index in [1.165, 1.54) is 12.1 Å². The summed E-state index contributed by atoms with van der Waals surface area (Å²) in [6, 6.07) is 4.40. The summed E-state index contributed by atoms with van der Waals surface area (Å²) in [5.41, 5.74) is 6.87. The van der Waals surface area contributed by atoms with Gasteiger partial charge in [-0.1, -0.05) is 11.6 Å². The van der Waals surface area contributed by atoms with Gasteiger partial charge in [0.1, 0.15) is 0 Å². The summed E-state index contributed by atoms with van der Waals surface area (Å²) in [5.74, 6) is -1.29. The number of carbonyl (C=O) groups excluding carboxylic acids is 3. The minimum absolute atomic E-state index is 0.0969. The van der Waals surface area contributed by atoms with E-state index in [0.29, 0.717) is 29.7 Å². The van der Waals surface area contributed by atoms with Crippen molar-refractivity contribution in [2.75, 3.05) is 4.90 Å². The van der Waals surface area contributed by atoms with Crippen LogP contribution in [0.4, 0.5) is 5.69 Å². The third kappa shape index (κ3) is 2.14. The van der Waals surface area contributed by atoms with Crippen molar-refractivity contribution in [3.05, 3.63) is 39.9 Å². The van der Waals surface area contributed by atoms with Crippen molar-refractivity contribution in [1.29, 1.82) is 0 Å². The predicted octanol–water partition coefficient (Wildman–Crippen LogP) is 2.18. The fraction of sp³-hybridized carbons (Fsp3) is 0.267. The molecule has 3 amide bonds. The molecule has 5 nitrogen and oxygen atoms in total. The van der Waals surface area contributed by atoms with Gasteiger partial charge in [0.25, 0.3) is 11.8 Å². The molecule has 0 saturated carbocycles. The van der Waals surface area contributed by atoms with E-state index in [0.717, 1.165) is 17.7 Å². The van der Waals surface area contributed by atoms with Crippen LogP contribution in [0.5, 0.6) is 0 Å². The highest BCUT2D eigenvalue weighted by atomic mass is 35.5. The molecule has 1 aliphatic carbocycles. The monoisotopic (exact) mass is 304 g/mol. The Morgan fingerprint density at radius 1 is 1.10 bits per heavy atom. The van der Waals surface area contributed by atoms with E-state index in [2.05, 4.69) is 0 Å². The maximum absolute atomic E-state index is 12.4. The number of carbonyl (C=O) groups is 3. The van der Waals surface area contributed by atoms with E-state index < -0.39 is 5.91 Å². The van der Waals surface area contributed by atoms with E-state index in [9.17, 15) is 14.4 Å². The smallest absolute Gasteiger partial charge is 0.261 e. The fourth-order valence-corrected chi connectivity index (χ4v) is 3.03. The van der Waals surface area contributed by atoms with Crippen LogP contribution in [-0.4, -0.2) is 17.7 Å². The third-order valence-corrected chi connectivity index (χ3v) is 4.19. The lowest BCUT2D eigenvalue weighted by molar-refractivity contribution is -0.120. The number of rotatable bonds is 2. The molecular weight excluding hydrogens is 292 g/mol. The average molecular weight is 305 g/mol. The summed E-state index contributed by atoms with van der Waals surface area (Å²) < 4.78 is 0. The summed E-state index contributed by atoms with van der Waals surface area (Å²) in [5, 5.41) is 0.197. The first kappa shape index (κ1) is 13.8. The second kappa shape index (κ2) is 5.00. The van der Waals surface area contributed by atoms with E-state index in [1.54, 1.807) is 6.07 Å². The Kier molecular flexibility index (Phi) is 3.29. The Hall–Kier alpha value is -2.14. The number of primary amides is 1. The first-order valence-corrected chi connectivity index (χ1v) is 7.08. The summed E-state index contributed by atoms with van der Waals surface area (Å²) in [7, 11) is 0. The highest BCUT2D eigenvalue weighted by Crippen LogP contribution is 2.36. The van der Waals surface area contributed by atoms with Gasteiger partial charge in [-0.15, -0.1) is 0 Å². The van der Waals surface area contributed by atoms with Gasteiger partial charge in [-0.3, -0.25) is 14.4 Å².